The van der Waals surface area contributed by atoms with Gasteiger partial charge in [0.05, 0.1) is 59.7 Å². The second kappa shape index (κ2) is 20.9. The van der Waals surface area contributed by atoms with E-state index in [0.29, 0.717) is 31.4 Å². The van der Waals surface area contributed by atoms with Gasteiger partial charge in [0.2, 0.25) is 29.4 Å². The van der Waals surface area contributed by atoms with Crippen LogP contribution in [0.4, 0.5) is 0 Å². The molecule has 0 spiro atoms. The number of phenolic OH excluding ortho intramolecular Hbond substituents is 2. The second-order valence-electron chi connectivity index (χ2n) is 16.6. The minimum Gasteiger partial charge on any atom is -0.507 e. The molecule has 64 heavy (non-hydrogen) atoms. The minimum atomic E-state index is -2.18. The summed E-state index contributed by atoms with van der Waals surface area (Å²) in [6.45, 7) is 0.910. The summed E-state index contributed by atoms with van der Waals surface area (Å²) in [4.78, 5) is 79.1. The molecule has 7 atom stereocenters. The molecule has 9 N–H and O–H groups in total. The van der Waals surface area contributed by atoms with E-state index < -0.39 is 101 Å². The third-order valence-electron chi connectivity index (χ3n) is 12.3. The van der Waals surface area contributed by atoms with Gasteiger partial charge in [-0.05, 0) is 44.4 Å². The minimum absolute atomic E-state index is 0.0109. The van der Waals surface area contributed by atoms with Gasteiger partial charge in [-0.1, -0.05) is 25.0 Å². The first-order valence-corrected chi connectivity index (χ1v) is 22.6. The van der Waals surface area contributed by atoms with Crippen molar-refractivity contribution in [2.45, 2.75) is 125 Å². The van der Waals surface area contributed by atoms with E-state index in [9.17, 15) is 54.3 Å². The molecule has 2 aliphatic heterocycles. The van der Waals surface area contributed by atoms with Gasteiger partial charge in [0.15, 0.2) is 12.1 Å². The Morgan fingerprint density at radius 2 is 1.70 bits per heavy atom. The summed E-state index contributed by atoms with van der Waals surface area (Å²) in [6, 6.07) is 3.57. The molecule has 0 aromatic heterocycles. The van der Waals surface area contributed by atoms with Gasteiger partial charge in [-0.25, -0.2) is 5.43 Å². The fraction of sp³-hybridized carbons (Fsp3) is 0.568. The number of imide groups is 1. The molecule has 2 aromatic carbocycles. The summed E-state index contributed by atoms with van der Waals surface area (Å²) < 4.78 is 17.5. The van der Waals surface area contributed by atoms with Gasteiger partial charge < -0.3 is 50.8 Å². The van der Waals surface area contributed by atoms with Crippen LogP contribution in [0.25, 0.3) is 0 Å². The van der Waals surface area contributed by atoms with Crippen LogP contribution in [-0.4, -0.2) is 140 Å². The number of carbonyl (C=O) groups excluding carboxylic acids is 6. The van der Waals surface area contributed by atoms with Gasteiger partial charge in [-0.15, -0.1) is 11.8 Å². The van der Waals surface area contributed by atoms with Crippen LogP contribution in [0.3, 0.4) is 0 Å². The Morgan fingerprint density at radius 1 is 1.00 bits per heavy atom. The predicted octanol–water partition coefficient (Wildman–Crippen LogP) is 1.63. The smallest absolute Gasteiger partial charge is 0.242 e. The largest absolute Gasteiger partial charge is 0.507 e. The maximum atomic E-state index is 14.0. The number of unbranched alkanes of at least 4 members (excludes halogenated alkanes) is 4. The van der Waals surface area contributed by atoms with Gasteiger partial charge in [0.1, 0.15) is 22.8 Å². The molecular weight excluding hydrogens is 855 g/mol. The molecule has 0 saturated carbocycles. The molecule has 2 saturated heterocycles. The van der Waals surface area contributed by atoms with Crippen molar-refractivity contribution >= 4 is 52.7 Å². The number of ether oxygens (including phenoxy) is 3. The number of hydrazone groups is 1. The Morgan fingerprint density at radius 3 is 2.39 bits per heavy atom. The van der Waals surface area contributed by atoms with Crippen LogP contribution in [0.2, 0.25) is 0 Å². The van der Waals surface area contributed by atoms with Crippen LogP contribution in [0.15, 0.2) is 23.3 Å². The van der Waals surface area contributed by atoms with E-state index in [0.717, 1.165) is 19.3 Å². The highest BCUT2D eigenvalue weighted by Crippen LogP contribution is 2.52. The number of phenols is 2. The monoisotopic (exact) mass is 911 g/mol. The zero-order valence-corrected chi connectivity index (χ0v) is 36.9. The van der Waals surface area contributed by atoms with Crippen LogP contribution < -0.4 is 21.2 Å². The molecule has 2 fully saturated rings. The molecule has 1 unspecified atom stereocenters. The average molecular weight is 912 g/mol. The number of fused-ring (bicyclic) bond motifs is 3. The third-order valence-corrected chi connectivity index (χ3v) is 13.6. The van der Waals surface area contributed by atoms with Crippen LogP contribution >= 0.6 is 11.8 Å². The summed E-state index contributed by atoms with van der Waals surface area (Å²) in [7, 11) is 2.91. The fourth-order valence-electron chi connectivity index (χ4n) is 8.75. The van der Waals surface area contributed by atoms with E-state index in [2.05, 4.69) is 15.8 Å². The Labute approximate surface area is 374 Å². The van der Waals surface area contributed by atoms with Gasteiger partial charge in [0, 0.05) is 74.8 Å². The Bertz CT molecular complexity index is 2170. The van der Waals surface area contributed by atoms with Gasteiger partial charge >= 0.3 is 0 Å². The first kappa shape index (κ1) is 48.5. The molecule has 19 nitrogen and oxygen atoms in total. The van der Waals surface area contributed by atoms with Crippen molar-refractivity contribution in [2.75, 3.05) is 33.1 Å². The lowest BCUT2D eigenvalue weighted by Crippen LogP contribution is -2.53. The Balaban J connectivity index is 1.12. The SMILES string of the molecule is CNC(=O)CCCCCSC1CC(=O)N(CCCCCC(=O)N/N=C(/CO)[C@@]2(O)Cc3c(O)c4c(c(O)c3[C@H](O[C@@H]3C[C@@H](N)[C@@H](O)[C@@H](C)O3)C2)C(=O)c2c(OC)cccc2C4=O)C1=O. The van der Waals surface area contributed by atoms with Gasteiger partial charge in [-0.3, -0.25) is 33.7 Å². The highest BCUT2D eigenvalue weighted by Gasteiger charge is 2.50. The molecule has 4 amide bonds. The number of aromatic hydroxyl groups is 2. The second-order valence-corrected chi connectivity index (χ2v) is 17.9. The van der Waals surface area contributed by atoms with Crippen LogP contribution in [0.1, 0.15) is 127 Å². The highest BCUT2D eigenvalue weighted by atomic mass is 32.2. The lowest BCUT2D eigenvalue weighted by Gasteiger charge is -2.43. The molecule has 0 radical (unpaired) electrons. The number of aliphatic hydroxyl groups is 3. The number of amides is 4. The number of benzene rings is 2. The van der Waals surface area contributed by atoms with E-state index in [1.165, 1.54) is 42.0 Å². The maximum Gasteiger partial charge on any atom is 0.242 e. The zero-order chi connectivity index (χ0) is 46.5. The topological polar surface area (TPSA) is 297 Å². The van der Waals surface area contributed by atoms with Crippen LogP contribution in [-0.2, 0) is 35.1 Å². The van der Waals surface area contributed by atoms with Crippen molar-refractivity contribution in [3.8, 4) is 17.2 Å². The zero-order valence-electron chi connectivity index (χ0n) is 36.1. The molecule has 2 heterocycles. The standard InChI is InChI=1S/C44H57N5O14S/c1-22-38(54)25(45)17-33(62-22)63-27-20-44(60,19-24-35(27)42(58)37-36(40(24)56)39(55)23-11-10-12-26(61-3)34(23)41(37)57)29(21-50)47-48-31(52)14-6-4-8-15-49-32(53)18-28(43(49)59)64-16-9-5-7-13-30(51)46-2/h10-12,22,25,27-28,33,38,50,54,56,58,60H,4-9,13-21,45H2,1-3H3,(H,46,51)(H,48,52)/b47-29-/t22-,25-,27-,28?,33-,38+,44-/m1/s1. The average Bonchev–Trinajstić information content (AvgIpc) is 3.53. The number of hydrogen-bond donors (Lipinski definition) is 8. The van der Waals surface area contributed by atoms with Crippen LogP contribution in [0, 0.1) is 0 Å². The van der Waals surface area contributed by atoms with Crippen molar-refractivity contribution in [1.82, 2.24) is 15.6 Å². The summed E-state index contributed by atoms with van der Waals surface area (Å²) in [5.74, 6) is -3.26. The summed E-state index contributed by atoms with van der Waals surface area (Å²) in [6.07, 6.45) is -1.04. The number of nitrogens with two attached hydrogens (primary N) is 1. The predicted molar refractivity (Wildman–Crippen MR) is 231 cm³/mol. The molecular formula is C44H57N5O14S. The molecule has 348 valence electrons. The number of carbonyl (C=O) groups is 6. The number of aliphatic hydroxyl groups excluding tert-OH is 2. The van der Waals surface area contributed by atoms with Crippen molar-refractivity contribution in [3.63, 3.8) is 0 Å². The molecule has 20 heteroatoms. The van der Waals surface area contributed by atoms with Gasteiger partial charge in [-0.2, -0.15) is 5.10 Å². The molecule has 6 rings (SSSR count). The van der Waals surface area contributed by atoms with Crippen LogP contribution in [0.5, 0.6) is 17.2 Å². The molecule has 0 bridgehead atoms. The van der Waals surface area contributed by atoms with E-state index >= 15 is 0 Å². The highest BCUT2D eigenvalue weighted by molar-refractivity contribution is 8.00. The number of rotatable bonds is 19. The van der Waals surface area contributed by atoms with Crippen molar-refractivity contribution in [3.05, 3.63) is 51.6 Å². The number of hydrogen-bond acceptors (Lipinski definition) is 17. The van der Waals surface area contributed by atoms with Crippen molar-refractivity contribution in [2.24, 2.45) is 10.8 Å². The lowest BCUT2D eigenvalue weighted by molar-refractivity contribution is -0.245. The number of methoxy groups -OCH3 is 1. The summed E-state index contributed by atoms with van der Waals surface area (Å²) in [5, 5.41) is 63.1. The van der Waals surface area contributed by atoms with E-state index in [1.54, 1.807) is 14.0 Å². The third kappa shape index (κ3) is 10.1. The van der Waals surface area contributed by atoms with Crippen molar-refractivity contribution < 1.29 is 68.5 Å². The number of nitrogens with one attached hydrogen (secondary N) is 2. The number of likely N-dealkylation sites (tertiary alicyclic amines) is 1. The maximum absolute atomic E-state index is 14.0. The van der Waals surface area contributed by atoms with E-state index in [4.69, 9.17) is 19.9 Å². The number of ketones is 2. The summed E-state index contributed by atoms with van der Waals surface area (Å²) in [5.41, 5.74) is 4.48. The van der Waals surface area contributed by atoms with Crippen molar-refractivity contribution in [1.29, 1.82) is 0 Å². The first-order valence-electron chi connectivity index (χ1n) is 21.5. The summed E-state index contributed by atoms with van der Waals surface area (Å²) >= 11 is 1.45. The quantitative estimate of drug-likeness (QED) is 0.0279. The molecule has 2 aliphatic carbocycles. The number of thioether (sulfide) groups is 1. The Hall–Kier alpha value is -4.96. The lowest BCUT2D eigenvalue weighted by atomic mass is 9.71. The normalized spacial score (nSPS) is 25.5. The van der Waals surface area contributed by atoms with E-state index in [1.807, 2.05) is 0 Å². The van der Waals surface area contributed by atoms with E-state index in [-0.39, 0.29) is 77.2 Å². The number of nitrogens with zero attached hydrogens (tertiary/aromatic N) is 2. The first-order chi connectivity index (χ1) is 30.5. The fourth-order valence-corrected chi connectivity index (χ4v) is 9.93. The van der Waals surface area contributed by atoms with Gasteiger partial charge in [0.25, 0.3) is 0 Å². The molecule has 4 aliphatic rings. The molecule has 2 aromatic rings. The Kier molecular flexibility index (Phi) is 15.8.